The molecule has 0 fully saturated rings. The van der Waals surface area contributed by atoms with E-state index in [1.54, 1.807) is 19.2 Å². The minimum absolute atomic E-state index is 0.101. The van der Waals surface area contributed by atoms with Gasteiger partial charge in [0.25, 0.3) is 10.0 Å². The molecular weight excluding hydrogens is 288 g/mol. The maximum atomic E-state index is 12.3. The molecule has 0 atom stereocenters. The van der Waals surface area contributed by atoms with Crippen molar-refractivity contribution < 1.29 is 8.42 Å². The van der Waals surface area contributed by atoms with Crippen molar-refractivity contribution in [3.05, 3.63) is 41.7 Å². The summed E-state index contributed by atoms with van der Waals surface area (Å²) in [5.74, 6) is 5.58. The summed E-state index contributed by atoms with van der Waals surface area (Å²) in [6.07, 6.45) is 2.73. The maximum Gasteiger partial charge on any atom is 0.265 e. The Hall–Kier alpha value is -2.30. The molecule has 1 aromatic heterocycles. The third-order valence-electron chi connectivity index (χ3n) is 2.74. The fourth-order valence-corrected chi connectivity index (χ4v) is 2.79. The van der Waals surface area contributed by atoms with E-state index in [-0.39, 0.29) is 11.4 Å². The Balaban J connectivity index is 2.41. The van der Waals surface area contributed by atoms with Gasteiger partial charge >= 0.3 is 0 Å². The zero-order chi connectivity index (χ0) is 15.5. The van der Waals surface area contributed by atoms with Crippen molar-refractivity contribution in [1.82, 2.24) is 9.78 Å². The first-order chi connectivity index (χ1) is 9.92. The van der Waals surface area contributed by atoms with E-state index >= 15 is 0 Å². The lowest BCUT2D eigenvalue weighted by Crippen LogP contribution is -2.13. The van der Waals surface area contributed by atoms with Crippen LogP contribution in [0.15, 0.2) is 35.5 Å². The number of aryl methyl sites for hydroxylation is 2. The van der Waals surface area contributed by atoms with Crippen molar-refractivity contribution in [1.29, 1.82) is 0 Å². The molecule has 21 heavy (non-hydrogen) atoms. The fourth-order valence-electron chi connectivity index (χ4n) is 1.74. The van der Waals surface area contributed by atoms with Crippen LogP contribution in [0.4, 0.5) is 5.69 Å². The van der Waals surface area contributed by atoms with Crippen LogP contribution in [-0.4, -0.2) is 24.7 Å². The average molecular weight is 304 g/mol. The molecule has 110 valence electrons. The monoisotopic (exact) mass is 304 g/mol. The summed E-state index contributed by atoms with van der Waals surface area (Å²) in [6.45, 7) is 2.09. The highest BCUT2D eigenvalue weighted by molar-refractivity contribution is 7.92. The van der Waals surface area contributed by atoms with Crippen molar-refractivity contribution in [2.45, 2.75) is 11.8 Å². The van der Waals surface area contributed by atoms with Gasteiger partial charge in [-0.1, -0.05) is 17.9 Å². The molecule has 3 N–H and O–H groups in total. The maximum absolute atomic E-state index is 12.3. The number of aromatic nitrogens is 2. The standard InChI is InChI=1S/C14H16N4O2S/c1-11-5-6-12(4-3-7-15)14(8-11)17-21(19,20)13-9-16-18(2)10-13/h5-6,8-10,17H,7,15H2,1-2H3. The zero-order valence-corrected chi connectivity index (χ0v) is 12.6. The Bertz CT molecular complexity index is 813. The molecule has 7 heteroatoms. The summed E-state index contributed by atoms with van der Waals surface area (Å²) in [6, 6.07) is 5.36. The molecule has 0 saturated heterocycles. The number of hydrogen-bond donors (Lipinski definition) is 2. The molecule has 1 heterocycles. The van der Waals surface area contributed by atoms with Gasteiger partial charge in [-0.2, -0.15) is 5.10 Å². The first-order valence-electron chi connectivity index (χ1n) is 6.23. The third-order valence-corrected chi connectivity index (χ3v) is 4.06. The summed E-state index contributed by atoms with van der Waals surface area (Å²) in [5.41, 5.74) is 7.29. The topological polar surface area (TPSA) is 90.0 Å². The van der Waals surface area contributed by atoms with Gasteiger partial charge in [-0.15, -0.1) is 0 Å². The molecule has 0 saturated carbocycles. The van der Waals surface area contributed by atoms with Crippen molar-refractivity contribution in [3.63, 3.8) is 0 Å². The van der Waals surface area contributed by atoms with Gasteiger partial charge in [-0.25, -0.2) is 8.42 Å². The van der Waals surface area contributed by atoms with E-state index in [1.807, 2.05) is 13.0 Å². The van der Waals surface area contributed by atoms with Gasteiger partial charge < -0.3 is 5.73 Å². The lowest BCUT2D eigenvalue weighted by Gasteiger charge is -2.09. The third kappa shape index (κ3) is 3.62. The summed E-state index contributed by atoms with van der Waals surface area (Å²) >= 11 is 0. The number of sulfonamides is 1. The van der Waals surface area contributed by atoms with Gasteiger partial charge in [-0.3, -0.25) is 9.40 Å². The minimum Gasteiger partial charge on any atom is -0.320 e. The molecule has 0 bridgehead atoms. The Kier molecular flexibility index (Phi) is 4.31. The molecule has 0 radical (unpaired) electrons. The van der Waals surface area contributed by atoms with E-state index in [0.29, 0.717) is 11.3 Å². The largest absolute Gasteiger partial charge is 0.320 e. The van der Waals surface area contributed by atoms with Crippen LogP contribution in [0, 0.1) is 18.8 Å². The van der Waals surface area contributed by atoms with Crippen LogP contribution in [0.1, 0.15) is 11.1 Å². The Morgan fingerprint density at radius 3 is 2.81 bits per heavy atom. The second-order valence-electron chi connectivity index (χ2n) is 4.51. The lowest BCUT2D eigenvalue weighted by molar-refractivity contribution is 0.601. The lowest BCUT2D eigenvalue weighted by atomic mass is 10.1. The number of rotatable bonds is 3. The number of anilines is 1. The molecule has 0 aliphatic rings. The SMILES string of the molecule is Cc1ccc(C#CCN)c(NS(=O)(=O)c2cnn(C)c2)c1. The average Bonchev–Trinajstić information content (AvgIpc) is 2.85. The number of nitrogens with zero attached hydrogens (tertiary/aromatic N) is 2. The first-order valence-corrected chi connectivity index (χ1v) is 7.72. The molecule has 2 aromatic rings. The van der Waals surface area contributed by atoms with Gasteiger partial charge in [0.1, 0.15) is 4.90 Å². The predicted molar refractivity (Wildman–Crippen MR) is 81.1 cm³/mol. The number of hydrogen-bond acceptors (Lipinski definition) is 4. The molecule has 0 spiro atoms. The highest BCUT2D eigenvalue weighted by Gasteiger charge is 2.17. The molecule has 0 unspecified atom stereocenters. The molecule has 6 nitrogen and oxygen atoms in total. The zero-order valence-electron chi connectivity index (χ0n) is 11.8. The van der Waals surface area contributed by atoms with Crippen molar-refractivity contribution in [2.75, 3.05) is 11.3 Å². The molecule has 2 rings (SSSR count). The van der Waals surface area contributed by atoms with E-state index in [4.69, 9.17) is 5.73 Å². The first kappa shape index (κ1) is 15.1. The molecule has 0 amide bonds. The summed E-state index contributed by atoms with van der Waals surface area (Å²) in [4.78, 5) is 0.101. The van der Waals surface area contributed by atoms with Crippen LogP contribution in [-0.2, 0) is 17.1 Å². The molecule has 0 aliphatic carbocycles. The second kappa shape index (κ2) is 5.99. The van der Waals surface area contributed by atoms with Crippen LogP contribution in [0.25, 0.3) is 0 Å². The smallest absolute Gasteiger partial charge is 0.265 e. The van der Waals surface area contributed by atoms with Gasteiger partial charge in [-0.05, 0) is 24.6 Å². The van der Waals surface area contributed by atoms with Crippen LogP contribution in [0.5, 0.6) is 0 Å². The Labute approximate surface area is 124 Å². The van der Waals surface area contributed by atoms with Crippen molar-refractivity contribution in [2.24, 2.45) is 12.8 Å². The van der Waals surface area contributed by atoms with Crippen LogP contribution in [0.2, 0.25) is 0 Å². The van der Waals surface area contributed by atoms with E-state index in [0.717, 1.165) is 5.56 Å². The van der Waals surface area contributed by atoms with Crippen molar-refractivity contribution >= 4 is 15.7 Å². The normalized spacial score (nSPS) is 10.8. The summed E-state index contributed by atoms with van der Waals surface area (Å²) in [5, 5.41) is 3.87. The van der Waals surface area contributed by atoms with E-state index in [1.165, 1.54) is 17.1 Å². The number of nitrogens with one attached hydrogen (secondary N) is 1. The van der Waals surface area contributed by atoms with Crippen LogP contribution in [0.3, 0.4) is 0 Å². The van der Waals surface area contributed by atoms with Gasteiger partial charge in [0.15, 0.2) is 0 Å². The number of benzene rings is 1. The second-order valence-corrected chi connectivity index (χ2v) is 6.19. The molecule has 0 aliphatic heterocycles. The Morgan fingerprint density at radius 2 is 2.19 bits per heavy atom. The number of nitrogens with two attached hydrogens (primary N) is 1. The fraction of sp³-hybridized carbons (Fsp3) is 0.214. The van der Waals surface area contributed by atoms with E-state index in [2.05, 4.69) is 21.7 Å². The van der Waals surface area contributed by atoms with Crippen molar-refractivity contribution in [3.8, 4) is 11.8 Å². The minimum atomic E-state index is -3.69. The van der Waals surface area contributed by atoms with Crippen LogP contribution < -0.4 is 10.5 Å². The predicted octanol–water partition coefficient (Wildman–Crippen LogP) is 0.840. The van der Waals surface area contributed by atoms with E-state index in [9.17, 15) is 8.42 Å². The molecular formula is C14H16N4O2S. The molecule has 1 aromatic carbocycles. The summed E-state index contributed by atoms with van der Waals surface area (Å²) < 4.78 is 28.6. The quantitative estimate of drug-likeness (QED) is 0.822. The summed E-state index contributed by atoms with van der Waals surface area (Å²) in [7, 11) is -2.03. The van der Waals surface area contributed by atoms with E-state index < -0.39 is 10.0 Å². The highest BCUT2D eigenvalue weighted by Crippen LogP contribution is 2.20. The van der Waals surface area contributed by atoms with Gasteiger partial charge in [0.05, 0.1) is 18.4 Å². The Morgan fingerprint density at radius 1 is 1.43 bits per heavy atom. The van der Waals surface area contributed by atoms with Gasteiger partial charge in [0, 0.05) is 18.8 Å². The van der Waals surface area contributed by atoms with Gasteiger partial charge in [0.2, 0.25) is 0 Å². The highest BCUT2D eigenvalue weighted by atomic mass is 32.2. The van der Waals surface area contributed by atoms with Crippen LogP contribution >= 0.6 is 0 Å².